The molecule has 0 bridgehead atoms. The fourth-order valence-electron chi connectivity index (χ4n) is 7.01. The average Bonchev–Trinajstić information content (AvgIpc) is 3.60. The van der Waals surface area contributed by atoms with Crippen molar-refractivity contribution in [3.63, 3.8) is 0 Å². The van der Waals surface area contributed by atoms with E-state index >= 15 is 0 Å². The molecule has 0 spiro atoms. The van der Waals surface area contributed by atoms with Gasteiger partial charge in [0.15, 0.2) is 8.32 Å². The fourth-order valence-corrected chi connectivity index (χ4v) is 9.67. The molecule has 2 unspecified atom stereocenters. The highest BCUT2D eigenvalue weighted by molar-refractivity contribution is 6.71. The lowest BCUT2D eigenvalue weighted by Gasteiger charge is -2.30. The second-order valence-electron chi connectivity index (χ2n) is 12.9. The van der Waals surface area contributed by atoms with Crippen LogP contribution < -0.4 is 10.6 Å². The number of carbonyl (C=O) groups excluding carboxylic acids is 1. The van der Waals surface area contributed by atoms with E-state index in [-0.39, 0.29) is 48.0 Å². The van der Waals surface area contributed by atoms with Crippen molar-refractivity contribution in [2.75, 3.05) is 25.0 Å². The van der Waals surface area contributed by atoms with Crippen molar-refractivity contribution in [1.82, 2.24) is 20.3 Å². The number of aliphatic hydroxyl groups excluding tert-OH is 1. The lowest BCUT2D eigenvalue weighted by molar-refractivity contribution is -0.120. The van der Waals surface area contributed by atoms with E-state index in [0.29, 0.717) is 6.54 Å². The van der Waals surface area contributed by atoms with Gasteiger partial charge in [-0.3, -0.25) is 9.48 Å². The minimum atomic E-state index is -2.50. The molecule has 2 aliphatic rings. The van der Waals surface area contributed by atoms with Gasteiger partial charge in [0.25, 0.3) is 0 Å². The molecule has 4 N–H and O–H groups in total. The first-order chi connectivity index (χ1) is 20.7. The number of anilines is 1. The van der Waals surface area contributed by atoms with Gasteiger partial charge in [0, 0.05) is 30.5 Å². The maximum atomic E-state index is 12.7. The summed E-state index contributed by atoms with van der Waals surface area (Å²) in [6.07, 6.45) is 6.29. The van der Waals surface area contributed by atoms with Gasteiger partial charge in [-0.15, -0.1) is 5.10 Å². The Labute approximate surface area is 256 Å². The summed E-state index contributed by atoms with van der Waals surface area (Å²) in [5, 5.41) is 25.2. The first-order valence-corrected chi connectivity index (χ1v) is 18.8. The first kappa shape index (κ1) is 31.5. The summed E-state index contributed by atoms with van der Waals surface area (Å²) in [6.45, 7) is 8.56. The maximum Gasteiger partial charge on any atom is 0.228 e. The Morgan fingerprint density at radius 2 is 1.98 bits per heavy atom. The molecule has 1 aromatic heterocycles. The first-order valence-electron chi connectivity index (χ1n) is 15.8. The summed E-state index contributed by atoms with van der Waals surface area (Å²) >= 11 is 0. The lowest BCUT2D eigenvalue weighted by atomic mass is 9.95. The number of nitrogens with zero attached hydrogens (tertiary/aromatic N) is 3. The SMILES string of the molecule is C[C@@H]1[C@@H]([Si](C)(C)O)[C@H](CCn2cc(C(CO)c3ccccc3)nn2)O[C@@H]1CCc1cccc(NC(=O)C2CCCNC2)c1. The molecule has 232 valence electrons. The second-order valence-corrected chi connectivity index (χ2v) is 16.8. The second kappa shape index (κ2) is 14.3. The van der Waals surface area contributed by atoms with Crippen LogP contribution in [0, 0.1) is 11.8 Å². The third kappa shape index (κ3) is 7.99. The Morgan fingerprint density at radius 3 is 2.70 bits per heavy atom. The number of benzene rings is 2. The number of nitrogens with one attached hydrogen (secondary N) is 2. The predicted octanol–water partition coefficient (Wildman–Crippen LogP) is 4.33. The highest BCUT2D eigenvalue weighted by atomic mass is 28.4. The van der Waals surface area contributed by atoms with Crippen molar-refractivity contribution >= 4 is 19.9 Å². The number of aromatic nitrogens is 3. The van der Waals surface area contributed by atoms with Crippen molar-refractivity contribution in [1.29, 1.82) is 0 Å². The molecule has 5 rings (SSSR count). The topological polar surface area (TPSA) is 122 Å². The van der Waals surface area contributed by atoms with Crippen LogP contribution in [0.5, 0.6) is 0 Å². The van der Waals surface area contributed by atoms with Crippen molar-refractivity contribution in [2.45, 2.75) is 82.3 Å². The van der Waals surface area contributed by atoms with Crippen molar-refractivity contribution in [2.24, 2.45) is 11.8 Å². The zero-order valence-electron chi connectivity index (χ0n) is 25.7. The standard InChI is InChI=1S/C33H47N5O4Si/c1-23-30(15-14-24-9-7-13-27(19-24)35-33(40)26-12-8-17-34-20-26)42-31(32(23)43(2,3)41)16-18-38-21-29(36-37-38)28(22-39)25-10-5-4-6-11-25/h4-7,9-11,13,19,21,23,26,28,30-32,34,39,41H,8,12,14-18,20,22H2,1-3H3,(H,35,40)/t23-,26?,28?,30+,31-,32+/m0/s1. The number of ether oxygens (including phenoxy) is 1. The van der Waals surface area contributed by atoms with Crippen LogP contribution in [-0.2, 0) is 22.5 Å². The van der Waals surface area contributed by atoms with Crippen molar-refractivity contribution < 1.29 is 19.4 Å². The van der Waals surface area contributed by atoms with Gasteiger partial charge in [0.05, 0.1) is 36.3 Å². The minimum Gasteiger partial charge on any atom is -0.432 e. The molecule has 2 saturated heterocycles. The van der Waals surface area contributed by atoms with Crippen molar-refractivity contribution in [3.05, 3.63) is 77.6 Å². The molecular formula is C33H47N5O4Si. The Bertz CT molecular complexity index is 1320. The van der Waals surface area contributed by atoms with Crippen molar-refractivity contribution in [3.8, 4) is 0 Å². The lowest BCUT2D eigenvalue weighted by Crippen LogP contribution is -2.40. The molecule has 0 aliphatic carbocycles. The molecule has 1 amide bonds. The van der Waals surface area contributed by atoms with Crippen LogP contribution in [-0.4, -0.2) is 71.0 Å². The van der Waals surface area contributed by atoms with Crippen LogP contribution in [0.15, 0.2) is 60.8 Å². The summed E-state index contributed by atoms with van der Waals surface area (Å²) in [5.74, 6) is 0.134. The van der Waals surface area contributed by atoms with E-state index in [0.717, 1.165) is 62.1 Å². The van der Waals surface area contributed by atoms with Gasteiger partial charge >= 0.3 is 0 Å². The molecular weight excluding hydrogens is 558 g/mol. The Hall–Kier alpha value is -2.89. The molecule has 2 aromatic carbocycles. The van der Waals surface area contributed by atoms with E-state index in [9.17, 15) is 14.7 Å². The minimum absolute atomic E-state index is 0.0223. The number of amides is 1. The zero-order valence-corrected chi connectivity index (χ0v) is 26.7. The van der Waals surface area contributed by atoms with E-state index in [1.807, 2.05) is 66.4 Å². The molecule has 0 saturated carbocycles. The van der Waals surface area contributed by atoms with Crippen LogP contribution >= 0.6 is 0 Å². The van der Waals surface area contributed by atoms with Gasteiger partial charge in [-0.1, -0.05) is 54.6 Å². The number of hydrogen-bond donors (Lipinski definition) is 4. The van der Waals surface area contributed by atoms with Crippen LogP contribution in [0.25, 0.3) is 0 Å². The molecule has 6 atom stereocenters. The quantitative estimate of drug-likeness (QED) is 0.227. The maximum absolute atomic E-state index is 12.7. The highest BCUT2D eigenvalue weighted by Gasteiger charge is 2.49. The Kier molecular flexibility index (Phi) is 10.5. The smallest absolute Gasteiger partial charge is 0.228 e. The molecule has 3 aromatic rings. The third-order valence-corrected chi connectivity index (χ3v) is 11.8. The normalized spacial score (nSPS) is 25.0. The number of hydrogen-bond acceptors (Lipinski definition) is 7. The molecule has 3 heterocycles. The molecule has 9 nitrogen and oxygen atoms in total. The fraction of sp³-hybridized carbons (Fsp3) is 0.545. The summed E-state index contributed by atoms with van der Waals surface area (Å²) < 4.78 is 8.50. The van der Waals surface area contributed by atoms with Crippen LogP contribution in [0.4, 0.5) is 5.69 Å². The van der Waals surface area contributed by atoms with E-state index in [1.54, 1.807) is 0 Å². The number of rotatable bonds is 12. The summed E-state index contributed by atoms with van der Waals surface area (Å²) in [7, 11) is -2.50. The Morgan fingerprint density at radius 1 is 1.16 bits per heavy atom. The largest absolute Gasteiger partial charge is 0.432 e. The summed E-state index contributed by atoms with van der Waals surface area (Å²) in [4.78, 5) is 24.0. The van der Waals surface area contributed by atoms with E-state index < -0.39 is 8.32 Å². The van der Waals surface area contributed by atoms with E-state index in [2.05, 4.69) is 40.0 Å². The van der Waals surface area contributed by atoms with Gasteiger partial charge in [-0.25, -0.2) is 0 Å². The third-order valence-electron chi connectivity index (χ3n) is 9.24. The monoisotopic (exact) mass is 605 g/mol. The van der Waals surface area contributed by atoms with Crippen LogP contribution in [0.2, 0.25) is 18.6 Å². The molecule has 43 heavy (non-hydrogen) atoms. The number of aryl methyl sites for hydroxylation is 2. The van der Waals surface area contributed by atoms with E-state index in [4.69, 9.17) is 4.74 Å². The number of aliphatic hydroxyl groups is 1. The van der Waals surface area contributed by atoms with Gasteiger partial charge < -0.3 is 25.3 Å². The van der Waals surface area contributed by atoms with Gasteiger partial charge in [0.1, 0.15) is 0 Å². The summed E-state index contributed by atoms with van der Waals surface area (Å²) in [6, 6.07) is 18.0. The molecule has 2 fully saturated rings. The molecule has 0 radical (unpaired) electrons. The number of carbonyl (C=O) groups is 1. The molecule has 2 aliphatic heterocycles. The predicted molar refractivity (Wildman–Crippen MR) is 170 cm³/mol. The Balaban J connectivity index is 1.18. The van der Waals surface area contributed by atoms with Gasteiger partial charge in [-0.05, 0) is 80.9 Å². The molecule has 10 heteroatoms. The van der Waals surface area contributed by atoms with Gasteiger partial charge in [0.2, 0.25) is 5.91 Å². The highest BCUT2D eigenvalue weighted by Crippen LogP contribution is 2.45. The van der Waals surface area contributed by atoms with Crippen LogP contribution in [0.3, 0.4) is 0 Å². The average molecular weight is 606 g/mol. The van der Waals surface area contributed by atoms with E-state index in [1.165, 1.54) is 5.56 Å². The van der Waals surface area contributed by atoms with Gasteiger partial charge in [-0.2, -0.15) is 0 Å². The zero-order chi connectivity index (χ0) is 30.4. The number of piperidine rings is 1. The van der Waals surface area contributed by atoms with Crippen LogP contribution in [0.1, 0.15) is 55.3 Å². The summed E-state index contributed by atoms with van der Waals surface area (Å²) in [5.41, 5.74) is 3.88.